The number of Topliss-reactive ketones (excluding diaryl/α,β-unsaturated/α-hetero) is 1. The minimum absolute atomic E-state index is 0.0133. The summed E-state index contributed by atoms with van der Waals surface area (Å²) in [5.74, 6) is 0.598. The lowest BCUT2D eigenvalue weighted by Crippen LogP contribution is -2.06. The van der Waals surface area contributed by atoms with Gasteiger partial charge in [-0.3, -0.25) is 4.79 Å². The predicted octanol–water partition coefficient (Wildman–Crippen LogP) is 0.692. The first kappa shape index (κ1) is 8.85. The van der Waals surface area contributed by atoms with Crippen LogP contribution < -0.4 is 10.2 Å². The van der Waals surface area contributed by atoms with Gasteiger partial charge in [0.1, 0.15) is 13.6 Å². The fourth-order valence-corrected chi connectivity index (χ4v) is 0.943. The minimum atomic E-state index is -0.0133. The van der Waals surface area contributed by atoms with Gasteiger partial charge in [0.15, 0.2) is 5.78 Å². The van der Waals surface area contributed by atoms with Gasteiger partial charge in [0, 0.05) is 5.56 Å². The molecule has 12 heavy (non-hydrogen) atoms. The van der Waals surface area contributed by atoms with Crippen LogP contribution in [0.15, 0.2) is 18.2 Å². The first-order chi connectivity index (χ1) is 5.63. The quantitative estimate of drug-likeness (QED) is 0.470. The van der Waals surface area contributed by atoms with Gasteiger partial charge in [-0.05, 0) is 19.1 Å². The van der Waals surface area contributed by atoms with Crippen molar-refractivity contribution >= 4 is 19.1 Å². The Bertz CT molecular complexity index is 307. The number of hydrogen-bond acceptors (Lipinski definition) is 2. The molecule has 0 unspecified atom stereocenters. The van der Waals surface area contributed by atoms with Crippen LogP contribution in [0.5, 0.6) is 5.75 Å². The van der Waals surface area contributed by atoms with E-state index in [-0.39, 0.29) is 5.78 Å². The molecule has 1 rings (SSSR count). The van der Waals surface area contributed by atoms with E-state index >= 15 is 0 Å². The summed E-state index contributed by atoms with van der Waals surface area (Å²) in [6.07, 6.45) is 0. The second kappa shape index (κ2) is 3.43. The van der Waals surface area contributed by atoms with E-state index in [9.17, 15) is 4.79 Å². The number of hydrogen-bond donors (Lipinski definition) is 0. The highest BCUT2D eigenvalue weighted by atomic mass is 16.5. The highest BCUT2D eigenvalue weighted by molar-refractivity contribution is 6.32. The van der Waals surface area contributed by atoms with Gasteiger partial charge < -0.3 is 4.74 Å². The summed E-state index contributed by atoms with van der Waals surface area (Å²) in [7, 11) is 7.08. The maximum atomic E-state index is 11.0. The zero-order valence-electron chi connectivity index (χ0n) is 7.13. The van der Waals surface area contributed by atoms with Gasteiger partial charge in [0.05, 0.1) is 7.11 Å². The number of carbonyl (C=O) groups is 1. The van der Waals surface area contributed by atoms with E-state index < -0.39 is 0 Å². The van der Waals surface area contributed by atoms with Crippen LogP contribution in [0.4, 0.5) is 0 Å². The number of methoxy groups -OCH3 is 1. The van der Waals surface area contributed by atoms with E-state index in [0.29, 0.717) is 16.8 Å². The van der Waals surface area contributed by atoms with Gasteiger partial charge in [0.2, 0.25) is 0 Å². The largest absolute Gasteiger partial charge is 0.497 e. The van der Waals surface area contributed by atoms with E-state index in [1.165, 1.54) is 6.92 Å². The summed E-state index contributed by atoms with van der Waals surface area (Å²) in [6, 6.07) is 4.97. The molecule has 0 N–H and O–H groups in total. The number of rotatable bonds is 2. The second-order valence-electron chi connectivity index (χ2n) is 2.55. The van der Waals surface area contributed by atoms with Crippen molar-refractivity contribution in [3.05, 3.63) is 23.8 Å². The maximum Gasteiger partial charge on any atom is 0.159 e. The maximum absolute atomic E-state index is 11.0. The van der Waals surface area contributed by atoms with Crippen LogP contribution in [0, 0.1) is 0 Å². The SMILES string of the molecule is [B]c1cc(OC)cc(C(C)=O)c1. The third-order valence-corrected chi connectivity index (χ3v) is 1.57. The lowest BCUT2D eigenvalue weighted by Gasteiger charge is -2.03. The van der Waals surface area contributed by atoms with Gasteiger partial charge in [0.25, 0.3) is 0 Å². The van der Waals surface area contributed by atoms with Gasteiger partial charge in [-0.25, -0.2) is 0 Å². The molecule has 0 atom stereocenters. The van der Waals surface area contributed by atoms with Crippen LogP contribution in [0.25, 0.3) is 0 Å². The van der Waals surface area contributed by atoms with Crippen LogP contribution in [-0.4, -0.2) is 20.7 Å². The summed E-state index contributed by atoms with van der Waals surface area (Å²) in [5, 5.41) is 0. The molecule has 3 heteroatoms. The Morgan fingerprint density at radius 1 is 1.42 bits per heavy atom. The molecule has 0 amide bonds. The zero-order chi connectivity index (χ0) is 9.14. The van der Waals surface area contributed by atoms with Crippen LogP contribution in [0.1, 0.15) is 17.3 Å². The Morgan fingerprint density at radius 2 is 2.08 bits per heavy atom. The first-order valence-electron chi connectivity index (χ1n) is 3.59. The summed E-state index contributed by atoms with van der Waals surface area (Å²) in [5.41, 5.74) is 1.12. The molecule has 0 fully saturated rings. The Morgan fingerprint density at radius 3 is 2.58 bits per heavy atom. The van der Waals surface area contributed by atoms with Crippen molar-refractivity contribution in [2.45, 2.75) is 6.92 Å². The molecule has 0 aliphatic rings. The van der Waals surface area contributed by atoms with Crippen LogP contribution in [0.3, 0.4) is 0 Å². The molecule has 2 radical (unpaired) electrons. The van der Waals surface area contributed by atoms with E-state index in [2.05, 4.69) is 0 Å². The summed E-state index contributed by atoms with van der Waals surface area (Å²) >= 11 is 0. The van der Waals surface area contributed by atoms with E-state index in [0.717, 1.165) is 0 Å². The smallest absolute Gasteiger partial charge is 0.159 e. The van der Waals surface area contributed by atoms with Crippen molar-refractivity contribution in [1.82, 2.24) is 0 Å². The molecule has 0 bridgehead atoms. The van der Waals surface area contributed by atoms with E-state index in [4.69, 9.17) is 12.6 Å². The van der Waals surface area contributed by atoms with Crippen molar-refractivity contribution in [3.63, 3.8) is 0 Å². The molecule has 60 valence electrons. The standard InChI is InChI=1S/C9H9BO2/c1-6(11)7-3-8(10)5-9(4-7)12-2/h3-5H,1-2H3. The Labute approximate surface area is 73.0 Å². The topological polar surface area (TPSA) is 26.3 Å². The molecule has 0 saturated carbocycles. The highest BCUT2D eigenvalue weighted by Crippen LogP contribution is 2.10. The molecule has 1 aromatic rings. The summed E-state index contributed by atoms with van der Waals surface area (Å²) in [6.45, 7) is 1.49. The van der Waals surface area contributed by atoms with Gasteiger partial charge >= 0.3 is 0 Å². The molecule has 1 aromatic carbocycles. The van der Waals surface area contributed by atoms with Crippen molar-refractivity contribution in [2.75, 3.05) is 7.11 Å². The second-order valence-corrected chi connectivity index (χ2v) is 2.55. The monoisotopic (exact) mass is 160 g/mol. The minimum Gasteiger partial charge on any atom is -0.497 e. The molecular formula is C9H9BO2. The lowest BCUT2D eigenvalue weighted by molar-refractivity contribution is 0.101. The zero-order valence-corrected chi connectivity index (χ0v) is 7.13. The molecule has 0 aliphatic carbocycles. The van der Waals surface area contributed by atoms with Gasteiger partial charge in [-0.15, -0.1) is 0 Å². The van der Waals surface area contributed by atoms with E-state index in [1.54, 1.807) is 25.3 Å². The van der Waals surface area contributed by atoms with Gasteiger partial charge in [-0.1, -0.05) is 11.5 Å². The van der Waals surface area contributed by atoms with Crippen LogP contribution >= 0.6 is 0 Å². The van der Waals surface area contributed by atoms with Crippen molar-refractivity contribution < 1.29 is 9.53 Å². The molecule has 0 aliphatic heterocycles. The molecule has 2 nitrogen and oxygen atoms in total. The van der Waals surface area contributed by atoms with Crippen molar-refractivity contribution in [1.29, 1.82) is 0 Å². The molecule has 0 saturated heterocycles. The molecule has 0 aromatic heterocycles. The number of ketones is 1. The normalized spacial score (nSPS) is 9.50. The lowest BCUT2D eigenvalue weighted by atomic mass is 9.93. The summed E-state index contributed by atoms with van der Waals surface area (Å²) < 4.78 is 4.95. The van der Waals surface area contributed by atoms with Crippen LogP contribution in [0.2, 0.25) is 0 Å². The first-order valence-corrected chi connectivity index (χ1v) is 3.59. The average Bonchev–Trinajstić information content (AvgIpc) is 2.03. The highest BCUT2D eigenvalue weighted by Gasteiger charge is 2.01. The number of benzene rings is 1. The van der Waals surface area contributed by atoms with Crippen molar-refractivity contribution in [2.24, 2.45) is 0 Å². The Hall–Kier alpha value is -1.25. The average molecular weight is 160 g/mol. The predicted molar refractivity (Wildman–Crippen MR) is 48.4 cm³/mol. The Balaban J connectivity index is 3.15. The number of ether oxygens (including phenoxy) is 1. The molecule has 0 heterocycles. The Kier molecular flexibility index (Phi) is 2.53. The molecular weight excluding hydrogens is 151 g/mol. The number of carbonyl (C=O) groups excluding carboxylic acids is 1. The fourth-order valence-electron chi connectivity index (χ4n) is 0.943. The third-order valence-electron chi connectivity index (χ3n) is 1.57. The molecule has 0 spiro atoms. The van der Waals surface area contributed by atoms with Crippen molar-refractivity contribution in [3.8, 4) is 5.75 Å². The summed E-state index contributed by atoms with van der Waals surface area (Å²) in [4.78, 5) is 11.0. The fraction of sp³-hybridized carbons (Fsp3) is 0.222. The van der Waals surface area contributed by atoms with Gasteiger partial charge in [-0.2, -0.15) is 0 Å². The van der Waals surface area contributed by atoms with Crippen LogP contribution in [-0.2, 0) is 0 Å². The van der Waals surface area contributed by atoms with E-state index in [1.807, 2.05) is 0 Å². The third kappa shape index (κ3) is 1.88.